The van der Waals surface area contributed by atoms with Crippen molar-refractivity contribution < 1.29 is 9.59 Å². The minimum Gasteiger partial charge on any atom is -0.343 e. The first-order valence-electron chi connectivity index (χ1n) is 10.8. The van der Waals surface area contributed by atoms with E-state index in [1.54, 1.807) is 0 Å². The maximum Gasteiger partial charge on any atom is 0.225 e. The molecule has 4 nitrogen and oxygen atoms in total. The van der Waals surface area contributed by atoms with Gasteiger partial charge in [-0.1, -0.05) is 19.3 Å². The van der Waals surface area contributed by atoms with E-state index in [1.165, 1.54) is 38.5 Å². The molecule has 0 aromatic carbocycles. The second-order valence-corrected chi connectivity index (χ2v) is 9.03. The third kappa shape index (κ3) is 3.88. The molecule has 2 saturated heterocycles. The Morgan fingerprint density at radius 3 is 2.08 bits per heavy atom. The third-order valence-corrected chi connectivity index (χ3v) is 7.44. The summed E-state index contributed by atoms with van der Waals surface area (Å²) in [5, 5.41) is 0. The molecule has 3 atom stereocenters. The summed E-state index contributed by atoms with van der Waals surface area (Å²) in [5.41, 5.74) is 0. The predicted molar refractivity (Wildman–Crippen MR) is 97.9 cm³/mol. The smallest absolute Gasteiger partial charge is 0.225 e. The van der Waals surface area contributed by atoms with E-state index < -0.39 is 0 Å². The highest BCUT2D eigenvalue weighted by atomic mass is 16.2. The summed E-state index contributed by atoms with van der Waals surface area (Å²) in [6.07, 6.45) is 12.8. The van der Waals surface area contributed by atoms with Crippen LogP contribution in [-0.2, 0) is 9.59 Å². The zero-order valence-electron chi connectivity index (χ0n) is 15.6. The monoisotopic (exact) mass is 346 g/mol. The van der Waals surface area contributed by atoms with Crippen molar-refractivity contribution in [1.82, 2.24) is 9.80 Å². The Morgan fingerprint density at radius 1 is 0.760 bits per heavy atom. The highest BCUT2D eigenvalue weighted by Crippen LogP contribution is 2.49. The van der Waals surface area contributed by atoms with Gasteiger partial charge in [0.05, 0.1) is 0 Å². The predicted octanol–water partition coefficient (Wildman–Crippen LogP) is 3.45. The molecule has 0 aromatic rings. The molecular weight excluding hydrogens is 312 g/mol. The molecule has 0 unspecified atom stereocenters. The van der Waals surface area contributed by atoms with E-state index in [4.69, 9.17) is 0 Å². The van der Waals surface area contributed by atoms with Crippen LogP contribution in [0.1, 0.15) is 70.6 Å². The number of likely N-dealkylation sites (tertiary alicyclic amines) is 2. The fourth-order valence-electron chi connectivity index (χ4n) is 5.90. The Balaban J connectivity index is 1.23. The van der Waals surface area contributed by atoms with Crippen LogP contribution in [0.3, 0.4) is 0 Å². The molecule has 2 saturated carbocycles. The molecular formula is C21H34N2O2. The van der Waals surface area contributed by atoms with Crippen molar-refractivity contribution >= 4 is 11.8 Å². The fourth-order valence-corrected chi connectivity index (χ4v) is 5.90. The lowest BCUT2D eigenvalue weighted by molar-refractivity contribution is -0.141. The summed E-state index contributed by atoms with van der Waals surface area (Å²) in [4.78, 5) is 29.6. The molecule has 4 fully saturated rings. The zero-order chi connectivity index (χ0) is 17.2. The van der Waals surface area contributed by atoms with Gasteiger partial charge in [-0.2, -0.15) is 0 Å². The first kappa shape index (κ1) is 17.4. The largest absolute Gasteiger partial charge is 0.343 e. The van der Waals surface area contributed by atoms with Crippen LogP contribution >= 0.6 is 0 Å². The van der Waals surface area contributed by atoms with Crippen LogP contribution in [0.2, 0.25) is 0 Å². The van der Waals surface area contributed by atoms with Gasteiger partial charge in [0.2, 0.25) is 11.8 Å². The van der Waals surface area contributed by atoms with Gasteiger partial charge in [-0.05, 0) is 62.7 Å². The summed E-state index contributed by atoms with van der Waals surface area (Å²) >= 11 is 0. The summed E-state index contributed by atoms with van der Waals surface area (Å²) in [6.45, 7) is 3.48. The molecule has 25 heavy (non-hydrogen) atoms. The molecule has 0 spiro atoms. The Hall–Kier alpha value is -1.06. The normalized spacial score (nSPS) is 33.5. The number of hydrogen-bond donors (Lipinski definition) is 0. The number of carbonyl (C=O) groups is 2. The highest BCUT2D eigenvalue weighted by Gasteiger charge is 2.41. The maximum absolute atomic E-state index is 12.8. The van der Waals surface area contributed by atoms with Crippen molar-refractivity contribution in [3.8, 4) is 0 Å². The SMILES string of the molecule is O=C(C[C@H]1C[C@H]2CC[C@H]1C2)N1CCC(C(=O)N2CCCCCC2)CC1. The number of hydrogen-bond acceptors (Lipinski definition) is 2. The first-order chi connectivity index (χ1) is 12.2. The lowest BCUT2D eigenvalue weighted by Gasteiger charge is -2.35. The standard InChI is InChI=1S/C21H34N2O2/c24-20(15-19-14-16-5-6-18(19)13-16)22-11-7-17(8-12-22)21(25)23-9-3-1-2-4-10-23/h16-19H,1-15H2/t16-,18-,19+/m0/s1. The van der Waals surface area contributed by atoms with Gasteiger partial charge in [-0.15, -0.1) is 0 Å². The van der Waals surface area contributed by atoms with Crippen molar-refractivity contribution in [1.29, 1.82) is 0 Å². The molecule has 4 rings (SSSR count). The first-order valence-corrected chi connectivity index (χ1v) is 10.8. The Bertz CT molecular complexity index is 490. The summed E-state index contributed by atoms with van der Waals surface area (Å²) in [6, 6.07) is 0. The average molecular weight is 347 g/mol. The van der Waals surface area contributed by atoms with E-state index in [2.05, 4.69) is 9.80 Å². The maximum atomic E-state index is 12.8. The number of nitrogens with zero attached hydrogens (tertiary/aromatic N) is 2. The van der Waals surface area contributed by atoms with Gasteiger partial charge < -0.3 is 9.80 Å². The van der Waals surface area contributed by atoms with Crippen LogP contribution in [0.5, 0.6) is 0 Å². The van der Waals surface area contributed by atoms with E-state index in [0.717, 1.165) is 70.1 Å². The number of carbonyl (C=O) groups excluding carboxylic acids is 2. The molecule has 140 valence electrons. The molecule has 2 aliphatic carbocycles. The van der Waals surface area contributed by atoms with Crippen LogP contribution < -0.4 is 0 Å². The molecule has 2 amide bonds. The van der Waals surface area contributed by atoms with Gasteiger partial charge in [0.1, 0.15) is 0 Å². The van der Waals surface area contributed by atoms with Crippen LogP contribution in [0.4, 0.5) is 0 Å². The topological polar surface area (TPSA) is 40.6 Å². The quantitative estimate of drug-likeness (QED) is 0.785. The van der Waals surface area contributed by atoms with Crippen molar-refractivity contribution in [2.45, 2.75) is 70.6 Å². The second-order valence-electron chi connectivity index (χ2n) is 9.03. The summed E-state index contributed by atoms with van der Waals surface area (Å²) in [7, 11) is 0. The molecule has 0 N–H and O–H groups in total. The van der Waals surface area contributed by atoms with Crippen LogP contribution in [-0.4, -0.2) is 47.8 Å². The minimum absolute atomic E-state index is 0.157. The average Bonchev–Trinajstić information content (AvgIpc) is 3.15. The van der Waals surface area contributed by atoms with E-state index >= 15 is 0 Å². The van der Waals surface area contributed by atoms with Gasteiger partial charge >= 0.3 is 0 Å². The van der Waals surface area contributed by atoms with Crippen molar-refractivity contribution in [2.24, 2.45) is 23.7 Å². The highest BCUT2D eigenvalue weighted by molar-refractivity contribution is 5.80. The summed E-state index contributed by atoms with van der Waals surface area (Å²) in [5.74, 6) is 3.28. The van der Waals surface area contributed by atoms with Crippen molar-refractivity contribution in [2.75, 3.05) is 26.2 Å². The molecule has 2 heterocycles. The number of rotatable bonds is 3. The van der Waals surface area contributed by atoms with Crippen molar-refractivity contribution in [3.63, 3.8) is 0 Å². The third-order valence-electron chi connectivity index (χ3n) is 7.44. The molecule has 4 aliphatic rings. The van der Waals surface area contributed by atoms with Gasteiger partial charge in [0.25, 0.3) is 0 Å². The van der Waals surface area contributed by atoms with E-state index in [-0.39, 0.29) is 5.92 Å². The molecule has 0 aromatic heterocycles. The fraction of sp³-hybridized carbons (Fsp3) is 0.905. The Labute approximate surface area is 152 Å². The van der Waals surface area contributed by atoms with Crippen LogP contribution in [0, 0.1) is 23.7 Å². The van der Waals surface area contributed by atoms with E-state index in [0.29, 0.717) is 17.7 Å². The second kappa shape index (κ2) is 7.67. The molecule has 2 bridgehead atoms. The number of piperidine rings is 1. The minimum atomic E-state index is 0.157. The molecule has 0 radical (unpaired) electrons. The Morgan fingerprint density at radius 2 is 1.48 bits per heavy atom. The van der Waals surface area contributed by atoms with Gasteiger partial charge in [0, 0.05) is 38.5 Å². The van der Waals surface area contributed by atoms with Gasteiger partial charge in [-0.3, -0.25) is 9.59 Å². The number of amides is 2. The zero-order valence-corrected chi connectivity index (χ0v) is 15.6. The van der Waals surface area contributed by atoms with E-state index in [9.17, 15) is 9.59 Å². The number of fused-ring (bicyclic) bond motifs is 2. The van der Waals surface area contributed by atoms with Gasteiger partial charge in [0.15, 0.2) is 0 Å². The van der Waals surface area contributed by atoms with Gasteiger partial charge in [-0.25, -0.2) is 0 Å². The molecule has 2 aliphatic heterocycles. The summed E-state index contributed by atoms with van der Waals surface area (Å²) < 4.78 is 0. The molecule has 4 heteroatoms. The Kier molecular flexibility index (Phi) is 5.33. The van der Waals surface area contributed by atoms with Crippen LogP contribution in [0.25, 0.3) is 0 Å². The van der Waals surface area contributed by atoms with E-state index in [1.807, 2.05) is 0 Å². The lowest BCUT2D eigenvalue weighted by Crippen LogP contribution is -2.45. The van der Waals surface area contributed by atoms with Crippen molar-refractivity contribution in [3.05, 3.63) is 0 Å². The van der Waals surface area contributed by atoms with Crippen LogP contribution in [0.15, 0.2) is 0 Å². The lowest BCUT2D eigenvalue weighted by atomic mass is 9.85.